The predicted octanol–water partition coefficient (Wildman–Crippen LogP) is 2.46. The van der Waals surface area contributed by atoms with Crippen LogP contribution in [0.1, 0.15) is 41.5 Å². The van der Waals surface area contributed by atoms with Crippen molar-refractivity contribution in [2.24, 2.45) is 22.7 Å². The van der Waals surface area contributed by atoms with Gasteiger partial charge in [-0.2, -0.15) is 0 Å². The molecule has 0 amide bonds. The van der Waals surface area contributed by atoms with Crippen LogP contribution >= 0.6 is 0 Å². The summed E-state index contributed by atoms with van der Waals surface area (Å²) in [4.78, 5) is 24.2. The first kappa shape index (κ1) is 11.4. The Kier molecular flexibility index (Phi) is 2.38. The van der Waals surface area contributed by atoms with Crippen LogP contribution < -0.4 is 0 Å². The van der Waals surface area contributed by atoms with E-state index < -0.39 is 10.8 Å². The molecule has 0 aromatic carbocycles. The molecule has 0 radical (unpaired) electrons. The molecule has 1 aliphatic rings. The van der Waals surface area contributed by atoms with E-state index in [1.807, 2.05) is 27.7 Å². The highest BCUT2D eigenvalue weighted by molar-refractivity contribution is 6.30. The van der Waals surface area contributed by atoms with Crippen molar-refractivity contribution in [3.8, 4) is 0 Å². The highest BCUT2D eigenvalue weighted by atomic mass is 16.2. The first-order chi connectivity index (χ1) is 6.20. The van der Waals surface area contributed by atoms with Gasteiger partial charge in [-0.1, -0.05) is 27.7 Å². The summed E-state index contributed by atoms with van der Waals surface area (Å²) in [6, 6.07) is 0. The molecule has 0 bridgehead atoms. The number of carbonyl (C=O) groups excluding carboxylic acids is 2. The standard InChI is InChI=1S/C12H20O2/c1-7(2)11(5)9(13)12(6,8(3)4)10(11)14/h7-8H,1-6H3. The fourth-order valence-electron chi connectivity index (χ4n) is 2.27. The summed E-state index contributed by atoms with van der Waals surface area (Å²) < 4.78 is 0. The molecule has 0 aliphatic heterocycles. The molecule has 0 saturated heterocycles. The third-order valence-corrected chi connectivity index (χ3v) is 4.20. The molecular formula is C12H20O2. The Labute approximate surface area is 86.1 Å². The molecular weight excluding hydrogens is 176 g/mol. The average molecular weight is 196 g/mol. The van der Waals surface area contributed by atoms with Gasteiger partial charge in [-0.3, -0.25) is 9.59 Å². The number of hydrogen-bond acceptors (Lipinski definition) is 2. The molecule has 1 aliphatic carbocycles. The number of rotatable bonds is 2. The largest absolute Gasteiger partial charge is 0.297 e. The molecule has 0 unspecified atom stereocenters. The average Bonchev–Trinajstić information content (AvgIpc) is 2.12. The minimum Gasteiger partial charge on any atom is -0.297 e. The zero-order valence-electron chi connectivity index (χ0n) is 9.97. The molecule has 1 rings (SSSR count). The second kappa shape index (κ2) is 2.91. The quantitative estimate of drug-likeness (QED) is 0.636. The van der Waals surface area contributed by atoms with Crippen LogP contribution in [0.2, 0.25) is 0 Å². The van der Waals surface area contributed by atoms with Gasteiger partial charge in [0, 0.05) is 0 Å². The number of ketones is 2. The fraction of sp³-hybridized carbons (Fsp3) is 0.833. The Morgan fingerprint density at radius 3 is 1.14 bits per heavy atom. The van der Waals surface area contributed by atoms with Crippen LogP contribution in [-0.2, 0) is 9.59 Å². The van der Waals surface area contributed by atoms with Crippen molar-refractivity contribution in [1.82, 2.24) is 0 Å². The molecule has 1 fully saturated rings. The van der Waals surface area contributed by atoms with Crippen LogP contribution in [-0.4, -0.2) is 11.6 Å². The van der Waals surface area contributed by atoms with Crippen LogP contribution in [0.25, 0.3) is 0 Å². The van der Waals surface area contributed by atoms with Gasteiger partial charge in [-0.05, 0) is 25.7 Å². The van der Waals surface area contributed by atoms with E-state index >= 15 is 0 Å². The van der Waals surface area contributed by atoms with Crippen LogP contribution in [0.3, 0.4) is 0 Å². The van der Waals surface area contributed by atoms with Crippen molar-refractivity contribution < 1.29 is 9.59 Å². The minimum atomic E-state index is -0.723. The molecule has 0 heterocycles. The third-order valence-electron chi connectivity index (χ3n) is 4.20. The first-order valence-corrected chi connectivity index (χ1v) is 5.29. The summed E-state index contributed by atoms with van der Waals surface area (Å²) in [6.45, 7) is 11.3. The smallest absolute Gasteiger partial charge is 0.159 e. The Morgan fingerprint density at radius 2 is 1.00 bits per heavy atom. The highest BCUT2D eigenvalue weighted by Gasteiger charge is 2.68. The second-order valence-electron chi connectivity index (χ2n) is 5.37. The van der Waals surface area contributed by atoms with Gasteiger partial charge in [0.1, 0.15) is 0 Å². The number of hydrogen-bond donors (Lipinski definition) is 0. The van der Waals surface area contributed by atoms with Gasteiger partial charge in [-0.15, -0.1) is 0 Å². The maximum Gasteiger partial charge on any atom is 0.159 e. The maximum absolute atomic E-state index is 12.1. The van der Waals surface area contributed by atoms with Gasteiger partial charge in [0.2, 0.25) is 0 Å². The molecule has 0 spiro atoms. The predicted molar refractivity (Wildman–Crippen MR) is 55.9 cm³/mol. The van der Waals surface area contributed by atoms with E-state index in [2.05, 4.69) is 0 Å². The highest BCUT2D eigenvalue weighted by Crippen LogP contribution is 2.54. The summed E-state index contributed by atoms with van der Waals surface area (Å²) in [6.07, 6.45) is 0. The van der Waals surface area contributed by atoms with Gasteiger partial charge in [0.15, 0.2) is 11.6 Å². The lowest BCUT2D eigenvalue weighted by Gasteiger charge is -2.53. The van der Waals surface area contributed by atoms with Crippen LogP contribution in [0, 0.1) is 22.7 Å². The lowest BCUT2D eigenvalue weighted by molar-refractivity contribution is -0.175. The summed E-state index contributed by atoms with van der Waals surface area (Å²) in [5.41, 5.74) is -1.45. The molecule has 0 aromatic heterocycles. The van der Waals surface area contributed by atoms with Gasteiger partial charge >= 0.3 is 0 Å². The Balaban J connectivity index is 3.08. The van der Waals surface area contributed by atoms with Crippen LogP contribution in [0.5, 0.6) is 0 Å². The summed E-state index contributed by atoms with van der Waals surface area (Å²) in [5, 5.41) is 0. The molecule has 80 valence electrons. The zero-order chi connectivity index (χ0) is 11.3. The van der Waals surface area contributed by atoms with E-state index in [9.17, 15) is 9.59 Å². The van der Waals surface area contributed by atoms with Crippen molar-refractivity contribution in [3.63, 3.8) is 0 Å². The maximum atomic E-state index is 12.1. The van der Waals surface area contributed by atoms with Crippen molar-refractivity contribution >= 4 is 11.6 Å². The normalized spacial score (nSPS) is 38.0. The van der Waals surface area contributed by atoms with Gasteiger partial charge in [0.25, 0.3) is 0 Å². The third kappa shape index (κ3) is 0.971. The van der Waals surface area contributed by atoms with Crippen LogP contribution in [0.15, 0.2) is 0 Å². The fourth-order valence-corrected chi connectivity index (χ4v) is 2.27. The monoisotopic (exact) mass is 196 g/mol. The number of Topliss-reactive ketones (excluding diaryl/α,β-unsaturated/α-hetero) is 2. The lowest BCUT2D eigenvalue weighted by atomic mass is 9.45. The second-order valence-corrected chi connectivity index (χ2v) is 5.37. The molecule has 2 heteroatoms. The molecule has 1 saturated carbocycles. The molecule has 0 N–H and O–H groups in total. The van der Waals surface area contributed by atoms with Crippen molar-refractivity contribution in [2.45, 2.75) is 41.5 Å². The summed E-state index contributed by atoms with van der Waals surface area (Å²) in [5.74, 6) is 0.462. The molecule has 14 heavy (non-hydrogen) atoms. The van der Waals surface area contributed by atoms with E-state index in [4.69, 9.17) is 0 Å². The topological polar surface area (TPSA) is 34.1 Å². The van der Waals surface area contributed by atoms with Gasteiger partial charge < -0.3 is 0 Å². The van der Waals surface area contributed by atoms with E-state index in [-0.39, 0.29) is 23.4 Å². The molecule has 2 nitrogen and oxygen atoms in total. The summed E-state index contributed by atoms with van der Waals surface area (Å²) >= 11 is 0. The molecule has 0 atom stereocenters. The first-order valence-electron chi connectivity index (χ1n) is 5.29. The van der Waals surface area contributed by atoms with E-state index in [1.165, 1.54) is 0 Å². The van der Waals surface area contributed by atoms with Crippen LogP contribution in [0.4, 0.5) is 0 Å². The Hall–Kier alpha value is -0.660. The van der Waals surface area contributed by atoms with E-state index in [0.717, 1.165) is 0 Å². The Morgan fingerprint density at radius 1 is 0.786 bits per heavy atom. The van der Waals surface area contributed by atoms with Gasteiger partial charge in [-0.25, -0.2) is 0 Å². The number of carbonyl (C=O) groups is 2. The molecule has 0 aromatic rings. The van der Waals surface area contributed by atoms with E-state index in [0.29, 0.717) is 0 Å². The summed E-state index contributed by atoms with van der Waals surface area (Å²) in [7, 11) is 0. The zero-order valence-corrected chi connectivity index (χ0v) is 9.97. The van der Waals surface area contributed by atoms with Gasteiger partial charge in [0.05, 0.1) is 10.8 Å². The van der Waals surface area contributed by atoms with E-state index in [1.54, 1.807) is 13.8 Å². The SMILES string of the molecule is CC(C)C1(C)C(=O)C(C)(C(C)C)C1=O. The Bertz CT molecular complexity index is 245. The minimum absolute atomic E-state index is 0.106. The van der Waals surface area contributed by atoms with Crippen molar-refractivity contribution in [2.75, 3.05) is 0 Å². The van der Waals surface area contributed by atoms with Crippen molar-refractivity contribution in [1.29, 1.82) is 0 Å². The lowest BCUT2D eigenvalue weighted by Crippen LogP contribution is -2.68. The van der Waals surface area contributed by atoms with Crippen molar-refractivity contribution in [3.05, 3.63) is 0 Å².